The van der Waals surface area contributed by atoms with Crippen LogP contribution in [0.15, 0.2) is 18.2 Å². The third-order valence-corrected chi connectivity index (χ3v) is 2.26. The Bertz CT molecular complexity index is 300. The molecule has 1 aromatic carbocycles. The van der Waals surface area contributed by atoms with Crippen molar-refractivity contribution in [3.8, 4) is 0 Å². The number of hydrogen-bond donors (Lipinski definition) is 1. The summed E-state index contributed by atoms with van der Waals surface area (Å²) in [5, 5.41) is 3.22. The van der Waals surface area contributed by atoms with Gasteiger partial charge in [0.05, 0.1) is 0 Å². The summed E-state index contributed by atoms with van der Waals surface area (Å²) < 4.78 is 26.0. The molecule has 0 aromatic heterocycles. The fourth-order valence-corrected chi connectivity index (χ4v) is 1.45. The second-order valence-electron chi connectivity index (χ2n) is 3.57. The summed E-state index contributed by atoms with van der Waals surface area (Å²) >= 11 is 0. The highest BCUT2D eigenvalue weighted by Gasteiger charge is 2.06. The Morgan fingerprint density at radius 3 is 2.73 bits per heavy atom. The summed E-state index contributed by atoms with van der Waals surface area (Å²) in [6.45, 7) is 3.93. The van der Waals surface area contributed by atoms with Gasteiger partial charge in [-0.3, -0.25) is 0 Å². The molecular formula is C12H17F2N. The molecule has 0 saturated carbocycles. The van der Waals surface area contributed by atoms with Gasteiger partial charge in [-0.25, -0.2) is 8.78 Å². The summed E-state index contributed by atoms with van der Waals surface area (Å²) in [5.74, 6) is -1.46. The molecule has 0 heterocycles. The third kappa shape index (κ3) is 3.96. The molecule has 1 N–H and O–H groups in total. The molecule has 0 spiro atoms. The van der Waals surface area contributed by atoms with Crippen LogP contribution in [0.1, 0.15) is 25.3 Å². The van der Waals surface area contributed by atoms with Crippen molar-refractivity contribution in [3.05, 3.63) is 35.4 Å². The number of nitrogens with one attached hydrogen (secondary N) is 1. The molecule has 1 aromatic rings. The van der Waals surface area contributed by atoms with E-state index in [0.29, 0.717) is 12.0 Å². The zero-order valence-corrected chi connectivity index (χ0v) is 9.02. The second kappa shape index (κ2) is 6.51. The quantitative estimate of drug-likeness (QED) is 0.716. The van der Waals surface area contributed by atoms with Crippen LogP contribution in [0, 0.1) is 11.6 Å². The second-order valence-corrected chi connectivity index (χ2v) is 3.57. The normalized spacial score (nSPS) is 10.6. The molecule has 0 aliphatic carbocycles. The van der Waals surface area contributed by atoms with Crippen molar-refractivity contribution < 1.29 is 8.78 Å². The van der Waals surface area contributed by atoms with Crippen molar-refractivity contribution in [1.29, 1.82) is 0 Å². The highest BCUT2D eigenvalue weighted by Crippen LogP contribution is 2.12. The molecule has 0 radical (unpaired) electrons. The number of hydrogen-bond acceptors (Lipinski definition) is 1. The van der Waals surface area contributed by atoms with Crippen LogP contribution in [0.4, 0.5) is 8.78 Å². The largest absolute Gasteiger partial charge is 0.317 e. The Balaban J connectivity index is 2.34. The van der Waals surface area contributed by atoms with E-state index in [-0.39, 0.29) is 0 Å². The lowest BCUT2D eigenvalue weighted by Gasteiger charge is -2.04. The Kier molecular flexibility index (Phi) is 5.26. The lowest BCUT2D eigenvalue weighted by atomic mass is 10.1. The van der Waals surface area contributed by atoms with Crippen LogP contribution in [0.2, 0.25) is 0 Å². The van der Waals surface area contributed by atoms with Gasteiger partial charge in [0.1, 0.15) is 0 Å². The van der Waals surface area contributed by atoms with Crippen molar-refractivity contribution in [3.63, 3.8) is 0 Å². The maximum Gasteiger partial charge on any atom is 0.162 e. The van der Waals surface area contributed by atoms with Gasteiger partial charge in [0, 0.05) is 0 Å². The average molecular weight is 213 g/mol. The molecule has 0 saturated heterocycles. The first kappa shape index (κ1) is 12.1. The van der Waals surface area contributed by atoms with Gasteiger partial charge in [0.2, 0.25) is 0 Å². The van der Waals surface area contributed by atoms with E-state index < -0.39 is 11.6 Å². The van der Waals surface area contributed by atoms with E-state index in [1.54, 1.807) is 12.1 Å². The maximum absolute atomic E-state index is 13.2. The van der Waals surface area contributed by atoms with E-state index in [1.807, 2.05) is 0 Å². The van der Waals surface area contributed by atoms with Crippen LogP contribution in [0.3, 0.4) is 0 Å². The van der Waals surface area contributed by atoms with Crippen LogP contribution in [0.25, 0.3) is 0 Å². The molecule has 0 bridgehead atoms. The molecule has 0 fully saturated rings. The summed E-state index contributed by atoms with van der Waals surface area (Å²) in [7, 11) is 0. The summed E-state index contributed by atoms with van der Waals surface area (Å²) in [5.41, 5.74) is 0.466. The zero-order valence-electron chi connectivity index (χ0n) is 9.02. The smallest absolute Gasteiger partial charge is 0.162 e. The van der Waals surface area contributed by atoms with Crippen LogP contribution in [-0.4, -0.2) is 13.1 Å². The number of halogens is 2. The van der Waals surface area contributed by atoms with E-state index in [0.717, 1.165) is 32.0 Å². The first-order valence-electron chi connectivity index (χ1n) is 5.39. The molecule has 3 heteroatoms. The van der Waals surface area contributed by atoms with Crippen molar-refractivity contribution in [2.75, 3.05) is 13.1 Å². The minimum atomic E-state index is -0.756. The molecule has 0 unspecified atom stereocenters. The molecule has 0 aliphatic rings. The maximum atomic E-state index is 13.2. The Morgan fingerprint density at radius 1 is 1.20 bits per heavy atom. The molecule has 84 valence electrons. The van der Waals surface area contributed by atoms with Crippen molar-refractivity contribution in [2.24, 2.45) is 0 Å². The molecule has 0 amide bonds. The Hall–Kier alpha value is -0.960. The van der Waals surface area contributed by atoms with Crippen LogP contribution in [0.5, 0.6) is 0 Å². The average Bonchev–Trinajstić information content (AvgIpc) is 2.24. The minimum absolute atomic E-state index is 0.466. The highest BCUT2D eigenvalue weighted by atomic mass is 19.2. The summed E-state index contributed by atoms with van der Waals surface area (Å²) in [6, 6.07) is 4.33. The summed E-state index contributed by atoms with van der Waals surface area (Å²) in [4.78, 5) is 0. The first-order chi connectivity index (χ1) is 7.25. The van der Waals surface area contributed by atoms with Gasteiger partial charge in [0.25, 0.3) is 0 Å². The molecule has 15 heavy (non-hydrogen) atoms. The highest BCUT2D eigenvalue weighted by molar-refractivity contribution is 5.18. The predicted molar refractivity (Wildman–Crippen MR) is 57.8 cm³/mol. The molecular weight excluding hydrogens is 196 g/mol. The van der Waals surface area contributed by atoms with E-state index in [9.17, 15) is 8.78 Å². The molecule has 1 rings (SSSR count). The van der Waals surface area contributed by atoms with E-state index in [2.05, 4.69) is 12.2 Å². The number of rotatable bonds is 6. The van der Waals surface area contributed by atoms with Gasteiger partial charge in [-0.2, -0.15) is 0 Å². The standard InChI is InChI=1S/C12H17F2N/c1-2-8-15-9-4-6-10-5-3-7-11(13)12(10)14/h3,5,7,15H,2,4,6,8-9H2,1H3. The predicted octanol–water partition coefficient (Wildman–Crippen LogP) is 2.90. The van der Waals surface area contributed by atoms with Crippen molar-refractivity contribution >= 4 is 0 Å². The fourth-order valence-electron chi connectivity index (χ4n) is 1.45. The lowest BCUT2D eigenvalue weighted by Crippen LogP contribution is -2.16. The molecule has 0 aliphatic heterocycles. The van der Waals surface area contributed by atoms with Gasteiger partial charge in [-0.1, -0.05) is 19.1 Å². The van der Waals surface area contributed by atoms with Gasteiger partial charge in [-0.15, -0.1) is 0 Å². The Labute approximate surface area is 89.5 Å². The van der Waals surface area contributed by atoms with Crippen LogP contribution in [-0.2, 0) is 6.42 Å². The van der Waals surface area contributed by atoms with E-state index in [4.69, 9.17) is 0 Å². The molecule has 1 nitrogen and oxygen atoms in total. The van der Waals surface area contributed by atoms with Gasteiger partial charge < -0.3 is 5.32 Å². The van der Waals surface area contributed by atoms with E-state index >= 15 is 0 Å². The van der Waals surface area contributed by atoms with Crippen LogP contribution < -0.4 is 5.32 Å². The number of aryl methyl sites for hydroxylation is 1. The third-order valence-electron chi connectivity index (χ3n) is 2.26. The van der Waals surface area contributed by atoms with Crippen molar-refractivity contribution in [1.82, 2.24) is 5.32 Å². The number of benzene rings is 1. The van der Waals surface area contributed by atoms with Gasteiger partial charge >= 0.3 is 0 Å². The molecule has 0 atom stereocenters. The minimum Gasteiger partial charge on any atom is -0.317 e. The van der Waals surface area contributed by atoms with Gasteiger partial charge in [0.15, 0.2) is 11.6 Å². The van der Waals surface area contributed by atoms with E-state index in [1.165, 1.54) is 0 Å². The van der Waals surface area contributed by atoms with Crippen LogP contribution >= 0.6 is 0 Å². The monoisotopic (exact) mass is 213 g/mol. The fraction of sp³-hybridized carbons (Fsp3) is 0.500. The Morgan fingerprint density at radius 2 is 2.00 bits per heavy atom. The SMILES string of the molecule is CCCNCCCc1cccc(F)c1F. The summed E-state index contributed by atoms with van der Waals surface area (Å²) in [6.07, 6.45) is 2.51. The topological polar surface area (TPSA) is 12.0 Å². The first-order valence-corrected chi connectivity index (χ1v) is 5.39. The van der Waals surface area contributed by atoms with Gasteiger partial charge in [-0.05, 0) is 44.0 Å². The zero-order chi connectivity index (χ0) is 11.1. The van der Waals surface area contributed by atoms with Crippen molar-refractivity contribution in [2.45, 2.75) is 26.2 Å². The lowest BCUT2D eigenvalue weighted by molar-refractivity contribution is 0.496.